The number of nitrogens with one attached hydrogen (secondary N) is 1. The topological polar surface area (TPSA) is 69.6 Å². The van der Waals surface area contributed by atoms with Crippen LogP contribution in [-0.2, 0) is 4.79 Å². The smallest absolute Gasteiger partial charge is 0.321 e. The highest BCUT2D eigenvalue weighted by Crippen LogP contribution is 2.22. The molecule has 0 saturated carbocycles. The fraction of sp³-hybridized carbons (Fsp3) is 0.333. The zero-order chi connectivity index (χ0) is 14.0. The van der Waals surface area contributed by atoms with E-state index in [1.165, 1.54) is 17.0 Å². The maximum absolute atomic E-state index is 13.2. The highest BCUT2D eigenvalue weighted by molar-refractivity contribution is 6.30. The Labute approximate surface area is 114 Å². The van der Waals surface area contributed by atoms with Crippen LogP contribution in [0, 0.1) is 11.7 Å². The number of carboxylic acids is 1. The standard InChI is InChI=1S/C12H12ClFN2O3/c13-9-2-1-8(4-10(9)14)15-12(19)16-5-7(6-16)3-11(17)18/h1-2,4,7H,3,5-6H2,(H,15,19)(H,17,18). The quantitative estimate of drug-likeness (QED) is 0.896. The molecule has 1 aliphatic heterocycles. The Hall–Kier alpha value is -1.82. The lowest BCUT2D eigenvalue weighted by atomic mass is 9.97. The number of aliphatic carboxylic acids is 1. The van der Waals surface area contributed by atoms with Gasteiger partial charge in [-0.1, -0.05) is 11.6 Å². The first-order chi connectivity index (χ1) is 8.95. The SMILES string of the molecule is O=C(O)CC1CN(C(=O)Nc2ccc(Cl)c(F)c2)C1. The van der Waals surface area contributed by atoms with Crippen LogP contribution in [0.15, 0.2) is 18.2 Å². The molecular weight excluding hydrogens is 275 g/mol. The van der Waals surface area contributed by atoms with Crippen LogP contribution in [0.4, 0.5) is 14.9 Å². The fourth-order valence-corrected chi connectivity index (χ4v) is 2.01. The van der Waals surface area contributed by atoms with E-state index < -0.39 is 11.8 Å². The Morgan fingerprint density at radius 3 is 2.74 bits per heavy atom. The molecule has 7 heteroatoms. The van der Waals surface area contributed by atoms with Crippen LogP contribution >= 0.6 is 11.6 Å². The summed E-state index contributed by atoms with van der Waals surface area (Å²) in [6, 6.07) is 3.62. The highest BCUT2D eigenvalue weighted by atomic mass is 35.5. The van der Waals surface area contributed by atoms with E-state index >= 15 is 0 Å². The molecule has 0 atom stereocenters. The monoisotopic (exact) mass is 286 g/mol. The molecule has 102 valence electrons. The van der Waals surface area contributed by atoms with Gasteiger partial charge in [-0.2, -0.15) is 0 Å². The second-order valence-electron chi connectivity index (χ2n) is 4.43. The summed E-state index contributed by atoms with van der Waals surface area (Å²) in [4.78, 5) is 23.7. The van der Waals surface area contributed by atoms with Gasteiger partial charge in [0.05, 0.1) is 11.4 Å². The summed E-state index contributed by atoms with van der Waals surface area (Å²) in [7, 11) is 0. The summed E-state index contributed by atoms with van der Waals surface area (Å²) >= 11 is 5.53. The van der Waals surface area contributed by atoms with Crippen molar-refractivity contribution in [2.45, 2.75) is 6.42 Å². The second-order valence-corrected chi connectivity index (χ2v) is 4.84. The van der Waals surface area contributed by atoms with Gasteiger partial charge >= 0.3 is 12.0 Å². The van der Waals surface area contributed by atoms with Crippen LogP contribution in [0.3, 0.4) is 0 Å². The van der Waals surface area contributed by atoms with E-state index in [4.69, 9.17) is 16.7 Å². The number of rotatable bonds is 3. The maximum Gasteiger partial charge on any atom is 0.321 e. The molecule has 19 heavy (non-hydrogen) atoms. The third-order valence-corrected chi connectivity index (χ3v) is 3.19. The minimum Gasteiger partial charge on any atom is -0.481 e. The molecular formula is C12H12ClFN2O3. The first-order valence-electron chi connectivity index (χ1n) is 5.68. The summed E-state index contributed by atoms with van der Waals surface area (Å²) in [5, 5.41) is 11.1. The van der Waals surface area contributed by atoms with Gasteiger partial charge in [-0.05, 0) is 18.2 Å². The first kappa shape index (κ1) is 13.6. The molecule has 0 radical (unpaired) electrons. The molecule has 1 heterocycles. The maximum atomic E-state index is 13.2. The second kappa shape index (κ2) is 5.44. The largest absolute Gasteiger partial charge is 0.481 e. The van der Waals surface area contributed by atoms with Crippen molar-refractivity contribution in [1.82, 2.24) is 4.90 Å². The number of benzene rings is 1. The molecule has 1 aromatic carbocycles. The van der Waals surface area contributed by atoms with Crippen molar-refractivity contribution in [3.05, 3.63) is 29.0 Å². The Balaban J connectivity index is 1.85. The van der Waals surface area contributed by atoms with E-state index in [2.05, 4.69) is 5.32 Å². The Bertz CT molecular complexity index is 518. The van der Waals surface area contributed by atoms with E-state index in [-0.39, 0.29) is 23.4 Å². The predicted octanol–water partition coefficient (Wildman–Crippen LogP) is 2.42. The summed E-state index contributed by atoms with van der Waals surface area (Å²) in [5.41, 5.74) is 0.314. The highest BCUT2D eigenvalue weighted by Gasteiger charge is 2.32. The van der Waals surface area contributed by atoms with Gasteiger partial charge in [0.25, 0.3) is 0 Å². The summed E-state index contributed by atoms with van der Waals surface area (Å²) in [5.74, 6) is -1.48. The normalized spacial score (nSPS) is 14.9. The molecule has 2 N–H and O–H groups in total. The van der Waals surface area contributed by atoms with Gasteiger partial charge in [-0.25, -0.2) is 9.18 Å². The third-order valence-electron chi connectivity index (χ3n) is 2.88. The van der Waals surface area contributed by atoms with Crippen LogP contribution in [0.5, 0.6) is 0 Å². The van der Waals surface area contributed by atoms with E-state index in [1.807, 2.05) is 0 Å². The molecule has 2 rings (SSSR count). The number of likely N-dealkylation sites (tertiary alicyclic amines) is 1. The first-order valence-corrected chi connectivity index (χ1v) is 6.06. The lowest BCUT2D eigenvalue weighted by molar-refractivity contribution is -0.139. The zero-order valence-corrected chi connectivity index (χ0v) is 10.7. The Morgan fingerprint density at radius 2 is 2.16 bits per heavy atom. The minimum absolute atomic E-state index is 0.00907. The number of nitrogens with zero attached hydrogens (tertiary/aromatic N) is 1. The summed E-state index contributed by atoms with van der Waals surface area (Å²) in [6.45, 7) is 0.794. The average Bonchev–Trinajstić information content (AvgIpc) is 2.27. The summed E-state index contributed by atoms with van der Waals surface area (Å²) in [6.07, 6.45) is 0.0549. The number of hydrogen-bond donors (Lipinski definition) is 2. The van der Waals surface area contributed by atoms with E-state index in [0.717, 1.165) is 6.07 Å². The number of halogens is 2. The fourth-order valence-electron chi connectivity index (χ4n) is 1.89. The van der Waals surface area contributed by atoms with Gasteiger partial charge in [-0.3, -0.25) is 4.79 Å². The molecule has 1 aromatic rings. The zero-order valence-electron chi connectivity index (χ0n) is 9.90. The van der Waals surface area contributed by atoms with Crippen LogP contribution in [0.25, 0.3) is 0 Å². The van der Waals surface area contributed by atoms with Crippen molar-refractivity contribution in [3.8, 4) is 0 Å². The van der Waals surface area contributed by atoms with Crippen molar-refractivity contribution in [2.75, 3.05) is 18.4 Å². The van der Waals surface area contributed by atoms with Crippen molar-refractivity contribution in [1.29, 1.82) is 0 Å². The Morgan fingerprint density at radius 1 is 1.47 bits per heavy atom. The van der Waals surface area contributed by atoms with Gasteiger partial charge < -0.3 is 15.3 Å². The van der Waals surface area contributed by atoms with Crippen LogP contribution < -0.4 is 5.32 Å². The molecule has 2 amide bonds. The molecule has 1 fully saturated rings. The molecule has 1 aliphatic rings. The summed E-state index contributed by atoms with van der Waals surface area (Å²) < 4.78 is 13.2. The third kappa shape index (κ3) is 3.35. The van der Waals surface area contributed by atoms with Gasteiger partial charge in [0.2, 0.25) is 0 Å². The number of hydrogen-bond acceptors (Lipinski definition) is 2. The number of amides is 2. The number of carbonyl (C=O) groups is 2. The van der Waals surface area contributed by atoms with Gasteiger partial charge in [0.1, 0.15) is 5.82 Å². The molecule has 0 aliphatic carbocycles. The number of anilines is 1. The number of carbonyl (C=O) groups excluding carboxylic acids is 1. The number of urea groups is 1. The lowest BCUT2D eigenvalue weighted by Crippen LogP contribution is -2.52. The van der Waals surface area contributed by atoms with Crippen molar-refractivity contribution < 1.29 is 19.1 Å². The lowest BCUT2D eigenvalue weighted by Gasteiger charge is -2.38. The van der Waals surface area contributed by atoms with E-state index in [9.17, 15) is 14.0 Å². The molecule has 1 saturated heterocycles. The van der Waals surface area contributed by atoms with Crippen molar-refractivity contribution >= 4 is 29.3 Å². The van der Waals surface area contributed by atoms with Crippen molar-refractivity contribution in [3.63, 3.8) is 0 Å². The van der Waals surface area contributed by atoms with Crippen LogP contribution in [0.1, 0.15) is 6.42 Å². The van der Waals surface area contributed by atoms with Crippen LogP contribution in [-0.4, -0.2) is 35.1 Å². The molecule has 5 nitrogen and oxygen atoms in total. The van der Waals surface area contributed by atoms with Crippen molar-refractivity contribution in [2.24, 2.45) is 5.92 Å². The minimum atomic E-state index is -0.871. The van der Waals surface area contributed by atoms with Gasteiger partial charge in [0.15, 0.2) is 0 Å². The average molecular weight is 287 g/mol. The molecule has 0 unspecified atom stereocenters. The Kier molecular flexibility index (Phi) is 3.90. The van der Waals surface area contributed by atoms with E-state index in [0.29, 0.717) is 18.8 Å². The number of carboxylic acid groups (broad SMARTS) is 1. The molecule has 0 bridgehead atoms. The molecule has 0 aromatic heterocycles. The van der Waals surface area contributed by atoms with Crippen LogP contribution in [0.2, 0.25) is 5.02 Å². The molecule has 0 spiro atoms. The predicted molar refractivity (Wildman–Crippen MR) is 67.7 cm³/mol. The van der Waals surface area contributed by atoms with E-state index in [1.54, 1.807) is 0 Å². The van der Waals surface area contributed by atoms with Gasteiger partial charge in [-0.15, -0.1) is 0 Å². The van der Waals surface area contributed by atoms with Gasteiger partial charge in [0, 0.05) is 24.7 Å².